The van der Waals surface area contributed by atoms with Crippen molar-refractivity contribution < 1.29 is 9.53 Å². The van der Waals surface area contributed by atoms with Crippen molar-refractivity contribution in [1.29, 1.82) is 0 Å². The number of Topliss-reactive ketones (excluding diaryl/α,β-unsaturated/α-hetero) is 1. The van der Waals surface area contributed by atoms with Gasteiger partial charge in [-0.15, -0.1) is 0 Å². The van der Waals surface area contributed by atoms with Gasteiger partial charge in [0, 0.05) is 12.8 Å². The normalized spacial score (nSPS) is 29.2. The van der Waals surface area contributed by atoms with E-state index in [1.165, 1.54) is 5.56 Å². The van der Waals surface area contributed by atoms with E-state index in [2.05, 4.69) is 31.2 Å². The molecule has 0 aromatic heterocycles. The maximum Gasteiger partial charge on any atom is 0.132 e. The third-order valence-electron chi connectivity index (χ3n) is 5.24. The van der Waals surface area contributed by atoms with Crippen molar-refractivity contribution in [2.75, 3.05) is 0 Å². The fraction of sp³-hybridized carbons (Fsp3) is 0.588. The van der Waals surface area contributed by atoms with Crippen LogP contribution in [0, 0.1) is 11.3 Å². The number of hydrogen-bond acceptors (Lipinski definition) is 2. The van der Waals surface area contributed by atoms with E-state index in [0.717, 1.165) is 32.1 Å². The molecular weight excluding hydrogens is 236 g/mol. The fourth-order valence-corrected chi connectivity index (χ4v) is 3.66. The molecule has 2 atom stereocenters. The molecule has 102 valence electrons. The fourth-order valence-electron chi connectivity index (χ4n) is 3.66. The minimum absolute atomic E-state index is 0.383. The molecule has 1 aromatic rings. The average Bonchev–Trinajstić information content (AvgIpc) is 2.46. The van der Waals surface area contributed by atoms with Crippen LogP contribution in [-0.2, 0) is 16.1 Å². The van der Waals surface area contributed by atoms with E-state index < -0.39 is 0 Å². The summed E-state index contributed by atoms with van der Waals surface area (Å²) in [6, 6.07) is 10.4. The molecule has 0 amide bonds. The molecule has 0 heterocycles. The van der Waals surface area contributed by atoms with Crippen molar-refractivity contribution >= 4 is 5.78 Å². The van der Waals surface area contributed by atoms with E-state index in [9.17, 15) is 4.79 Å². The van der Waals surface area contributed by atoms with Crippen molar-refractivity contribution in [2.45, 2.75) is 51.7 Å². The zero-order valence-electron chi connectivity index (χ0n) is 11.6. The van der Waals surface area contributed by atoms with E-state index in [0.29, 0.717) is 29.8 Å². The lowest BCUT2D eigenvalue weighted by Gasteiger charge is -2.55. The third-order valence-corrected chi connectivity index (χ3v) is 5.24. The summed E-state index contributed by atoms with van der Waals surface area (Å²) in [7, 11) is 0. The van der Waals surface area contributed by atoms with Gasteiger partial charge >= 0.3 is 0 Å². The molecule has 0 radical (unpaired) electrons. The smallest absolute Gasteiger partial charge is 0.132 e. The van der Waals surface area contributed by atoms with Gasteiger partial charge in [-0.2, -0.15) is 0 Å². The highest BCUT2D eigenvalue weighted by molar-refractivity contribution is 5.79. The number of benzene rings is 1. The summed E-state index contributed by atoms with van der Waals surface area (Å²) in [6.07, 6.45) is 5.27. The second-order valence-electron chi connectivity index (χ2n) is 6.23. The van der Waals surface area contributed by atoms with Gasteiger partial charge in [0.05, 0.1) is 12.7 Å². The Bertz CT molecular complexity index is 442. The molecule has 3 rings (SSSR count). The molecule has 2 aliphatic carbocycles. The predicted molar refractivity (Wildman–Crippen MR) is 74.7 cm³/mol. The van der Waals surface area contributed by atoms with Crippen LogP contribution >= 0.6 is 0 Å². The van der Waals surface area contributed by atoms with Gasteiger partial charge in [-0.3, -0.25) is 4.79 Å². The first-order valence-electron chi connectivity index (χ1n) is 7.37. The lowest BCUT2D eigenvalue weighted by molar-refractivity contribution is -0.161. The summed E-state index contributed by atoms with van der Waals surface area (Å²) in [5, 5.41) is 0. The monoisotopic (exact) mass is 258 g/mol. The summed E-state index contributed by atoms with van der Waals surface area (Å²) < 4.78 is 6.05. The van der Waals surface area contributed by atoms with Crippen LogP contribution in [0.15, 0.2) is 30.3 Å². The number of ether oxygens (including phenoxy) is 1. The Balaban J connectivity index is 1.52. The highest BCUT2D eigenvalue weighted by atomic mass is 16.5. The summed E-state index contributed by atoms with van der Waals surface area (Å²) in [5.41, 5.74) is 1.66. The van der Waals surface area contributed by atoms with Crippen molar-refractivity contribution in [2.24, 2.45) is 11.3 Å². The molecule has 0 N–H and O–H groups in total. The highest BCUT2D eigenvalue weighted by Crippen LogP contribution is 2.56. The Labute approximate surface area is 115 Å². The van der Waals surface area contributed by atoms with E-state index in [1.807, 2.05) is 6.07 Å². The second-order valence-corrected chi connectivity index (χ2v) is 6.23. The minimum Gasteiger partial charge on any atom is -0.373 e. The topological polar surface area (TPSA) is 26.3 Å². The van der Waals surface area contributed by atoms with E-state index in [4.69, 9.17) is 4.74 Å². The molecule has 2 saturated carbocycles. The van der Waals surface area contributed by atoms with E-state index in [-0.39, 0.29) is 0 Å². The maximum atomic E-state index is 11.4. The lowest BCUT2D eigenvalue weighted by atomic mass is 9.53. The zero-order valence-corrected chi connectivity index (χ0v) is 11.6. The Kier molecular flexibility index (Phi) is 3.44. The number of hydrogen-bond donors (Lipinski definition) is 0. The Hall–Kier alpha value is -1.15. The molecule has 2 nitrogen and oxygen atoms in total. The number of carbonyl (C=O) groups is 1. The first kappa shape index (κ1) is 12.9. The zero-order chi connectivity index (χ0) is 13.3. The van der Waals surface area contributed by atoms with Gasteiger partial charge in [0.2, 0.25) is 0 Å². The van der Waals surface area contributed by atoms with Crippen molar-refractivity contribution in [3.05, 3.63) is 35.9 Å². The molecule has 0 bridgehead atoms. The van der Waals surface area contributed by atoms with Crippen LogP contribution in [0.4, 0.5) is 0 Å². The van der Waals surface area contributed by atoms with Crippen LogP contribution in [0.1, 0.15) is 44.6 Å². The number of ketones is 1. The summed E-state index contributed by atoms with van der Waals surface area (Å²) in [4.78, 5) is 11.4. The van der Waals surface area contributed by atoms with Gasteiger partial charge in [0.1, 0.15) is 5.78 Å². The largest absolute Gasteiger partial charge is 0.373 e. The van der Waals surface area contributed by atoms with Crippen LogP contribution in [0.5, 0.6) is 0 Å². The molecule has 2 unspecified atom stereocenters. The number of carbonyl (C=O) groups excluding carboxylic acids is 1. The standard InChI is InChI=1S/C17H22O2/c1-13-16(19-12-14-5-3-2-4-6-14)11-17(13)9-7-15(18)8-10-17/h2-6,13,16H,7-12H2,1H3. The molecule has 0 saturated heterocycles. The second kappa shape index (κ2) is 5.09. The maximum absolute atomic E-state index is 11.4. The Morgan fingerprint density at radius 2 is 1.89 bits per heavy atom. The van der Waals surface area contributed by atoms with Crippen LogP contribution in [0.25, 0.3) is 0 Å². The summed E-state index contributed by atoms with van der Waals surface area (Å²) >= 11 is 0. The van der Waals surface area contributed by atoms with Gasteiger partial charge < -0.3 is 4.74 Å². The van der Waals surface area contributed by atoms with Crippen molar-refractivity contribution in [3.63, 3.8) is 0 Å². The third kappa shape index (κ3) is 2.46. The average molecular weight is 258 g/mol. The molecule has 0 aliphatic heterocycles. The van der Waals surface area contributed by atoms with Gasteiger partial charge in [-0.25, -0.2) is 0 Å². The highest BCUT2D eigenvalue weighted by Gasteiger charge is 2.52. The molecule has 19 heavy (non-hydrogen) atoms. The van der Waals surface area contributed by atoms with Gasteiger partial charge in [-0.1, -0.05) is 37.3 Å². The quantitative estimate of drug-likeness (QED) is 0.825. The molecule has 1 spiro atoms. The van der Waals surface area contributed by atoms with Gasteiger partial charge in [0.25, 0.3) is 0 Å². The van der Waals surface area contributed by atoms with Gasteiger partial charge in [0.15, 0.2) is 0 Å². The Morgan fingerprint density at radius 3 is 2.53 bits per heavy atom. The van der Waals surface area contributed by atoms with Crippen LogP contribution in [0.3, 0.4) is 0 Å². The molecule has 2 aliphatic rings. The SMILES string of the molecule is CC1C(OCc2ccccc2)CC12CCC(=O)CC2. The van der Waals surface area contributed by atoms with Crippen molar-refractivity contribution in [3.8, 4) is 0 Å². The molecular formula is C17H22O2. The summed E-state index contributed by atoms with van der Waals surface area (Å²) in [6.45, 7) is 3.01. The summed E-state index contributed by atoms with van der Waals surface area (Å²) in [5.74, 6) is 1.05. The first-order chi connectivity index (χ1) is 9.20. The van der Waals surface area contributed by atoms with E-state index >= 15 is 0 Å². The Morgan fingerprint density at radius 1 is 1.21 bits per heavy atom. The minimum atomic E-state index is 0.383. The van der Waals surface area contributed by atoms with Crippen molar-refractivity contribution in [1.82, 2.24) is 0 Å². The van der Waals surface area contributed by atoms with E-state index in [1.54, 1.807) is 0 Å². The molecule has 1 aromatic carbocycles. The first-order valence-corrected chi connectivity index (χ1v) is 7.37. The predicted octanol–water partition coefficient (Wildman–Crippen LogP) is 3.74. The van der Waals surface area contributed by atoms with Crippen LogP contribution in [0.2, 0.25) is 0 Å². The number of rotatable bonds is 3. The molecule has 2 heteroatoms. The van der Waals surface area contributed by atoms with Crippen LogP contribution < -0.4 is 0 Å². The van der Waals surface area contributed by atoms with Gasteiger partial charge in [-0.05, 0) is 36.2 Å². The van der Waals surface area contributed by atoms with Crippen LogP contribution in [-0.4, -0.2) is 11.9 Å². The molecule has 2 fully saturated rings. The lowest BCUT2D eigenvalue weighted by Crippen LogP contribution is -2.52.